The molecule has 0 spiro atoms. The summed E-state index contributed by atoms with van der Waals surface area (Å²) >= 11 is 0. The molecule has 0 saturated heterocycles. The number of carbonyl (C=O) groups excluding carboxylic acids is 1. The highest BCUT2D eigenvalue weighted by Gasteiger charge is 2.38. The number of esters is 1. The molecule has 18 nitrogen and oxygen atoms in total. The largest absolute Gasteiger partial charge is 0.505 e. The molecule has 0 unspecified atom stereocenters. The van der Waals surface area contributed by atoms with Crippen LogP contribution >= 0.6 is 0 Å². The Labute approximate surface area is 147 Å². The van der Waals surface area contributed by atoms with Crippen LogP contribution in [0.15, 0.2) is 11.5 Å². The molecule has 0 aromatic carbocycles. The second-order valence-corrected chi connectivity index (χ2v) is 4.30. The Morgan fingerprint density at radius 2 is 1.52 bits per heavy atom. The van der Waals surface area contributed by atoms with Crippen molar-refractivity contribution in [1.29, 1.82) is 0 Å². The van der Waals surface area contributed by atoms with Gasteiger partial charge in [0.1, 0.15) is 19.3 Å². The number of rotatable bonds is 10. The first-order chi connectivity index (χ1) is 12.5. The summed E-state index contributed by atoms with van der Waals surface area (Å²) in [6.07, 6.45) is -4.32. The molecular formula is C9H13N3O15. The van der Waals surface area contributed by atoms with Crippen molar-refractivity contribution in [2.75, 3.05) is 19.8 Å². The molecule has 0 fully saturated rings. The van der Waals surface area contributed by atoms with Crippen LogP contribution in [0.1, 0.15) is 0 Å². The summed E-state index contributed by atoms with van der Waals surface area (Å²) < 4.78 is 4.32. The van der Waals surface area contributed by atoms with Crippen molar-refractivity contribution < 1.29 is 59.7 Å². The Hall–Kier alpha value is -3.67. The summed E-state index contributed by atoms with van der Waals surface area (Å²) in [6, 6.07) is 0. The minimum absolute atomic E-state index is 0.671. The van der Waals surface area contributed by atoms with Crippen LogP contribution < -0.4 is 0 Å². The highest BCUT2D eigenvalue weighted by atomic mass is 17.0. The van der Waals surface area contributed by atoms with E-state index in [0.717, 1.165) is 0 Å². The molecule has 1 aliphatic rings. The third-order valence-corrected chi connectivity index (χ3v) is 2.44. The maximum absolute atomic E-state index is 10.5. The molecule has 1 heterocycles. The second-order valence-electron chi connectivity index (χ2n) is 4.30. The Kier molecular flexibility index (Phi) is 9.54. The molecular weight excluding hydrogens is 390 g/mol. The summed E-state index contributed by atoms with van der Waals surface area (Å²) in [6.45, 7) is -2.36. The minimum atomic E-state index is -1.55. The van der Waals surface area contributed by atoms with Crippen LogP contribution in [0.4, 0.5) is 0 Å². The van der Waals surface area contributed by atoms with Gasteiger partial charge in [0.2, 0.25) is 5.76 Å². The van der Waals surface area contributed by atoms with Gasteiger partial charge in [0.05, 0.1) is 6.61 Å². The Bertz CT molecular complexity index is 573. The van der Waals surface area contributed by atoms with Gasteiger partial charge in [0, 0.05) is 0 Å². The van der Waals surface area contributed by atoms with Crippen LogP contribution in [0.2, 0.25) is 0 Å². The van der Waals surface area contributed by atoms with Crippen molar-refractivity contribution in [3.8, 4) is 0 Å². The van der Waals surface area contributed by atoms with Crippen LogP contribution in [-0.2, 0) is 24.0 Å². The normalized spacial score (nSPS) is 16.7. The highest BCUT2D eigenvalue weighted by Crippen LogP contribution is 2.20. The van der Waals surface area contributed by atoms with Gasteiger partial charge in [-0.2, -0.15) is 0 Å². The molecule has 0 aromatic heterocycles. The van der Waals surface area contributed by atoms with Crippen LogP contribution in [0, 0.1) is 30.3 Å². The Morgan fingerprint density at radius 1 is 1.04 bits per heavy atom. The van der Waals surface area contributed by atoms with Crippen LogP contribution in [0.3, 0.4) is 0 Å². The van der Waals surface area contributed by atoms with E-state index >= 15 is 0 Å². The Morgan fingerprint density at radius 3 is 1.81 bits per heavy atom. The zero-order valence-electron chi connectivity index (χ0n) is 13.0. The monoisotopic (exact) mass is 403 g/mol. The molecule has 2 atom stereocenters. The lowest BCUT2D eigenvalue weighted by molar-refractivity contribution is -0.803. The van der Waals surface area contributed by atoms with E-state index in [4.69, 9.17) is 20.4 Å². The Balaban J connectivity index is 0.000000511. The molecule has 0 aliphatic carbocycles. The van der Waals surface area contributed by atoms with Crippen molar-refractivity contribution in [1.82, 2.24) is 0 Å². The fraction of sp³-hybridized carbons (Fsp3) is 0.667. The zero-order valence-corrected chi connectivity index (χ0v) is 13.0. The van der Waals surface area contributed by atoms with Gasteiger partial charge in [-0.1, -0.05) is 0 Å². The third-order valence-electron chi connectivity index (χ3n) is 2.44. The van der Waals surface area contributed by atoms with E-state index < -0.39 is 70.9 Å². The highest BCUT2D eigenvalue weighted by molar-refractivity contribution is 5.89. The number of hydrogen-bond acceptors (Lipinski definition) is 15. The topological polar surface area (TPSA) is 264 Å². The predicted molar refractivity (Wildman–Crippen MR) is 73.0 cm³/mol. The first-order valence-electron chi connectivity index (χ1n) is 6.47. The minimum Gasteiger partial charge on any atom is -0.505 e. The molecule has 0 aromatic rings. The number of aliphatic hydroxyl groups is 4. The van der Waals surface area contributed by atoms with Crippen LogP contribution in [0.5, 0.6) is 0 Å². The van der Waals surface area contributed by atoms with Gasteiger partial charge in [-0.3, -0.25) is 0 Å². The molecule has 0 saturated carbocycles. The van der Waals surface area contributed by atoms with Gasteiger partial charge in [-0.05, 0) is 0 Å². The van der Waals surface area contributed by atoms with Crippen molar-refractivity contribution >= 4 is 5.97 Å². The van der Waals surface area contributed by atoms with E-state index in [2.05, 4.69) is 19.2 Å². The molecule has 1 rings (SSSR count). The standard InChI is InChI=1S/C6H8O6.C3H5N3O9/c7-1-2(8)5-3(9)4(10)6(11)12-5;7-4(8)13-1-3(15-6(11)12)2-14-5(9)10/h2,5,7-10H,1H2;3H,1-2H2/t2-,5+;/m0./s1. The first kappa shape index (κ1) is 23.3. The number of nitrogens with zero attached hydrogens (tertiary/aromatic N) is 3. The molecule has 154 valence electrons. The average molecular weight is 403 g/mol. The van der Waals surface area contributed by atoms with Crippen molar-refractivity contribution in [3.63, 3.8) is 0 Å². The molecule has 0 radical (unpaired) electrons. The fourth-order valence-corrected chi connectivity index (χ4v) is 1.34. The summed E-state index contributed by atoms with van der Waals surface area (Å²) in [5.74, 6) is -2.78. The van der Waals surface area contributed by atoms with Gasteiger partial charge in [-0.25, -0.2) is 4.79 Å². The molecule has 18 heteroatoms. The summed E-state index contributed by atoms with van der Waals surface area (Å²) in [7, 11) is 0. The quantitative estimate of drug-likeness (QED) is 0.168. The maximum atomic E-state index is 10.5. The van der Waals surface area contributed by atoms with Crippen LogP contribution in [-0.4, -0.2) is 79.8 Å². The van der Waals surface area contributed by atoms with Gasteiger partial charge < -0.3 is 39.7 Å². The van der Waals surface area contributed by atoms with Gasteiger partial charge >= 0.3 is 5.97 Å². The van der Waals surface area contributed by atoms with Crippen LogP contribution in [0.25, 0.3) is 0 Å². The lowest BCUT2D eigenvalue weighted by atomic mass is 10.2. The van der Waals surface area contributed by atoms with E-state index in [1.54, 1.807) is 0 Å². The number of carbonyl (C=O) groups is 1. The first-order valence-corrected chi connectivity index (χ1v) is 6.47. The van der Waals surface area contributed by atoms with E-state index in [0.29, 0.717) is 0 Å². The second kappa shape index (κ2) is 11.0. The SMILES string of the molecule is O=C1O[C@H]([C@@H](O)CO)C(O)=C1O.O=[N+]([O-])OCC(CO[N+](=O)[O-])O[N+](=O)[O-]. The molecule has 4 N–H and O–H groups in total. The fourth-order valence-electron chi connectivity index (χ4n) is 1.34. The van der Waals surface area contributed by atoms with E-state index in [1.165, 1.54) is 0 Å². The molecule has 0 bridgehead atoms. The maximum Gasteiger partial charge on any atom is 0.377 e. The lowest BCUT2D eigenvalue weighted by Gasteiger charge is -2.13. The summed E-state index contributed by atoms with van der Waals surface area (Å²) in [5.41, 5.74) is 0. The molecule has 0 amide bonds. The third kappa shape index (κ3) is 8.83. The van der Waals surface area contributed by atoms with Crippen molar-refractivity contribution in [3.05, 3.63) is 41.9 Å². The number of hydrogen-bond donors (Lipinski definition) is 4. The summed E-state index contributed by atoms with van der Waals surface area (Å²) in [5, 5.41) is 60.6. The van der Waals surface area contributed by atoms with Gasteiger partial charge in [0.15, 0.2) is 18.0 Å². The number of cyclic esters (lactones) is 1. The van der Waals surface area contributed by atoms with Crippen molar-refractivity contribution in [2.45, 2.75) is 18.3 Å². The predicted octanol–water partition coefficient (Wildman–Crippen LogP) is -2.43. The van der Waals surface area contributed by atoms with E-state index in [-0.39, 0.29) is 0 Å². The number of aliphatic hydroxyl groups excluding tert-OH is 4. The smallest absolute Gasteiger partial charge is 0.377 e. The lowest BCUT2D eigenvalue weighted by Crippen LogP contribution is -2.31. The number of ether oxygens (including phenoxy) is 1. The molecule has 1 aliphatic heterocycles. The average Bonchev–Trinajstić information content (AvgIpc) is 2.84. The van der Waals surface area contributed by atoms with Gasteiger partial charge in [0.25, 0.3) is 15.3 Å². The zero-order chi connectivity index (χ0) is 21.1. The summed E-state index contributed by atoms with van der Waals surface area (Å²) in [4.78, 5) is 51.1. The van der Waals surface area contributed by atoms with Gasteiger partial charge in [-0.15, -0.1) is 30.3 Å². The van der Waals surface area contributed by atoms with E-state index in [9.17, 15) is 35.1 Å². The van der Waals surface area contributed by atoms with Crippen molar-refractivity contribution in [2.24, 2.45) is 0 Å². The van der Waals surface area contributed by atoms with E-state index in [1.807, 2.05) is 0 Å². The molecule has 27 heavy (non-hydrogen) atoms.